The maximum Gasteiger partial charge on any atom is 0.145 e. The van der Waals surface area contributed by atoms with Crippen LogP contribution in [-0.4, -0.2) is 56.6 Å². The Bertz CT molecular complexity index is 210. The summed E-state index contributed by atoms with van der Waals surface area (Å²) in [5.41, 5.74) is -0.765. The van der Waals surface area contributed by atoms with Crippen molar-refractivity contribution in [2.45, 2.75) is 36.8 Å². The lowest BCUT2D eigenvalue weighted by atomic mass is 9.89. The minimum atomic E-state index is -0.765. The third-order valence-electron chi connectivity index (χ3n) is 2.92. The lowest BCUT2D eigenvalue weighted by molar-refractivity contribution is -0.165. The van der Waals surface area contributed by atoms with Crippen molar-refractivity contribution in [3.63, 3.8) is 0 Å². The summed E-state index contributed by atoms with van der Waals surface area (Å²) in [4.78, 5) is 0. The Balaban J connectivity index is 2.27. The molecule has 2 aliphatic rings. The van der Waals surface area contributed by atoms with Gasteiger partial charge in [0.05, 0.1) is 12.7 Å². The van der Waals surface area contributed by atoms with E-state index in [9.17, 15) is 5.11 Å². The molecule has 0 spiro atoms. The van der Waals surface area contributed by atoms with Gasteiger partial charge in [-0.15, -0.1) is 0 Å². The normalized spacial score (nSPS) is 51.2. The van der Waals surface area contributed by atoms with Gasteiger partial charge in [0.2, 0.25) is 0 Å². The first-order valence-corrected chi connectivity index (χ1v) is 4.37. The van der Waals surface area contributed by atoms with E-state index in [1.165, 1.54) is 0 Å². The molecular formula is C8H13BO4. The number of aliphatic hydroxyl groups is 1. The smallest absolute Gasteiger partial charge is 0.145 e. The first kappa shape index (κ1) is 9.46. The summed E-state index contributed by atoms with van der Waals surface area (Å²) in [6, 6.07) is -0.492. The van der Waals surface area contributed by atoms with Crippen molar-refractivity contribution in [1.82, 2.24) is 0 Å². The Labute approximate surface area is 78.6 Å². The fraction of sp³-hybridized carbons (Fsp3) is 1.00. The zero-order valence-electron chi connectivity index (χ0n) is 7.77. The van der Waals surface area contributed by atoms with E-state index in [-0.39, 0.29) is 12.2 Å². The second kappa shape index (κ2) is 2.95. The molecule has 2 aliphatic heterocycles. The molecule has 5 heteroatoms. The van der Waals surface area contributed by atoms with E-state index >= 15 is 0 Å². The van der Waals surface area contributed by atoms with Crippen LogP contribution in [-0.2, 0) is 14.2 Å². The van der Waals surface area contributed by atoms with Gasteiger partial charge in [0.25, 0.3) is 0 Å². The summed E-state index contributed by atoms with van der Waals surface area (Å²) in [6.07, 6.45) is -1.15. The Kier molecular flexibility index (Phi) is 2.15. The summed E-state index contributed by atoms with van der Waals surface area (Å²) < 4.78 is 16.1. The SMILES string of the molecule is [B][C@@H]1O[C@@]2([C@H](C)O)CO[C@@H]1[C@@H]2OC. The first-order valence-electron chi connectivity index (χ1n) is 4.37. The minimum absolute atomic E-state index is 0.250. The van der Waals surface area contributed by atoms with Gasteiger partial charge in [-0.1, -0.05) is 0 Å². The van der Waals surface area contributed by atoms with Gasteiger partial charge in [0.15, 0.2) is 0 Å². The lowest BCUT2D eigenvalue weighted by Gasteiger charge is -2.32. The Hall–Kier alpha value is -0.0951. The van der Waals surface area contributed by atoms with Crippen molar-refractivity contribution in [2.75, 3.05) is 13.7 Å². The number of rotatable bonds is 2. The van der Waals surface area contributed by atoms with Crippen molar-refractivity contribution in [2.24, 2.45) is 0 Å². The lowest BCUT2D eigenvalue weighted by Crippen LogP contribution is -2.50. The predicted octanol–water partition coefficient (Wildman–Crippen LogP) is -0.955. The fourth-order valence-electron chi connectivity index (χ4n) is 2.15. The second-order valence-electron chi connectivity index (χ2n) is 3.65. The second-order valence-corrected chi connectivity index (χ2v) is 3.65. The number of hydrogen-bond donors (Lipinski definition) is 1. The highest BCUT2D eigenvalue weighted by Crippen LogP contribution is 2.42. The molecule has 72 valence electrons. The van der Waals surface area contributed by atoms with E-state index in [1.807, 2.05) is 0 Å². The predicted molar refractivity (Wildman–Crippen MR) is 45.6 cm³/mol. The van der Waals surface area contributed by atoms with E-state index < -0.39 is 17.7 Å². The van der Waals surface area contributed by atoms with Crippen molar-refractivity contribution >= 4 is 7.85 Å². The first-order chi connectivity index (χ1) is 6.12. The van der Waals surface area contributed by atoms with E-state index in [4.69, 9.17) is 22.1 Å². The highest BCUT2D eigenvalue weighted by atomic mass is 16.7. The minimum Gasteiger partial charge on any atom is -0.390 e. The molecule has 2 rings (SSSR count). The van der Waals surface area contributed by atoms with E-state index in [2.05, 4.69) is 0 Å². The molecule has 4 nitrogen and oxygen atoms in total. The van der Waals surface area contributed by atoms with Crippen LogP contribution in [0.3, 0.4) is 0 Å². The molecule has 0 aromatic heterocycles. The molecule has 0 saturated carbocycles. The van der Waals surface area contributed by atoms with E-state index in [0.29, 0.717) is 6.61 Å². The maximum absolute atomic E-state index is 9.61. The van der Waals surface area contributed by atoms with Gasteiger partial charge < -0.3 is 19.3 Å². The summed E-state index contributed by atoms with van der Waals surface area (Å²) in [5.74, 6) is 0. The summed E-state index contributed by atoms with van der Waals surface area (Å²) in [7, 11) is 7.24. The van der Waals surface area contributed by atoms with Crippen LogP contribution in [0.1, 0.15) is 6.92 Å². The number of hydrogen-bond acceptors (Lipinski definition) is 4. The highest BCUT2D eigenvalue weighted by Gasteiger charge is 2.62. The molecule has 0 aromatic carbocycles. The molecule has 13 heavy (non-hydrogen) atoms. The number of fused-ring (bicyclic) bond motifs is 2. The van der Waals surface area contributed by atoms with Crippen LogP contribution in [0.2, 0.25) is 0 Å². The van der Waals surface area contributed by atoms with Crippen LogP contribution in [0.25, 0.3) is 0 Å². The molecule has 2 heterocycles. The monoisotopic (exact) mass is 184 g/mol. The quantitative estimate of drug-likeness (QED) is 0.561. The average Bonchev–Trinajstić information content (AvgIpc) is 2.56. The summed E-state index contributed by atoms with van der Waals surface area (Å²) >= 11 is 0. The van der Waals surface area contributed by atoms with Gasteiger partial charge in [-0.05, 0) is 6.92 Å². The van der Waals surface area contributed by atoms with Crippen LogP contribution < -0.4 is 0 Å². The topological polar surface area (TPSA) is 47.9 Å². The van der Waals surface area contributed by atoms with Crippen LogP contribution in [0.15, 0.2) is 0 Å². The van der Waals surface area contributed by atoms with Gasteiger partial charge >= 0.3 is 0 Å². The van der Waals surface area contributed by atoms with Gasteiger partial charge in [0.1, 0.15) is 25.7 Å². The number of methoxy groups -OCH3 is 1. The molecular weight excluding hydrogens is 171 g/mol. The van der Waals surface area contributed by atoms with Crippen molar-refractivity contribution in [3.8, 4) is 0 Å². The Morgan fingerprint density at radius 2 is 2.38 bits per heavy atom. The standard InChI is InChI=1S/C8H13BO4/c1-4(10)8-3-12-5(6(8)11-2)7(9)13-8/h4-7,10H,3H2,1-2H3/t4-,5+,6-,7+,8+/m0/s1. The molecule has 0 aromatic rings. The molecule has 2 radical (unpaired) electrons. The molecule has 2 bridgehead atoms. The zero-order chi connectivity index (χ0) is 9.64. The summed E-state index contributed by atoms with van der Waals surface area (Å²) in [5, 5.41) is 9.61. The zero-order valence-corrected chi connectivity index (χ0v) is 7.77. The van der Waals surface area contributed by atoms with Crippen LogP contribution in [0.5, 0.6) is 0 Å². The van der Waals surface area contributed by atoms with Gasteiger partial charge in [-0.25, -0.2) is 0 Å². The van der Waals surface area contributed by atoms with Crippen molar-refractivity contribution in [3.05, 3.63) is 0 Å². The maximum atomic E-state index is 9.61. The molecule has 2 fully saturated rings. The molecule has 0 amide bonds. The van der Waals surface area contributed by atoms with Gasteiger partial charge in [-0.3, -0.25) is 0 Å². The third-order valence-corrected chi connectivity index (χ3v) is 2.92. The number of aliphatic hydroxyl groups excluding tert-OH is 1. The van der Waals surface area contributed by atoms with Crippen molar-refractivity contribution in [1.29, 1.82) is 0 Å². The van der Waals surface area contributed by atoms with Gasteiger partial charge in [-0.2, -0.15) is 0 Å². The third kappa shape index (κ3) is 1.08. The number of ether oxygens (including phenoxy) is 3. The van der Waals surface area contributed by atoms with Gasteiger partial charge in [0, 0.05) is 13.1 Å². The van der Waals surface area contributed by atoms with E-state index in [1.54, 1.807) is 14.0 Å². The Morgan fingerprint density at radius 1 is 1.69 bits per heavy atom. The Morgan fingerprint density at radius 3 is 2.77 bits per heavy atom. The fourth-order valence-corrected chi connectivity index (χ4v) is 2.15. The van der Waals surface area contributed by atoms with Crippen LogP contribution in [0.4, 0.5) is 0 Å². The molecule has 0 aliphatic carbocycles. The largest absolute Gasteiger partial charge is 0.390 e. The van der Waals surface area contributed by atoms with Crippen LogP contribution >= 0.6 is 0 Å². The molecule has 2 saturated heterocycles. The molecule has 1 N–H and O–H groups in total. The summed E-state index contributed by atoms with van der Waals surface area (Å²) in [6.45, 7) is 2.01. The molecule has 5 atom stereocenters. The van der Waals surface area contributed by atoms with Crippen molar-refractivity contribution < 1.29 is 19.3 Å². The highest BCUT2D eigenvalue weighted by molar-refractivity contribution is 6.11. The van der Waals surface area contributed by atoms with E-state index in [0.717, 1.165) is 0 Å². The van der Waals surface area contributed by atoms with Crippen LogP contribution in [0, 0.1) is 0 Å². The molecule has 0 unspecified atom stereocenters. The average molecular weight is 184 g/mol.